The Morgan fingerprint density at radius 1 is 1.36 bits per heavy atom. The summed E-state index contributed by atoms with van der Waals surface area (Å²) in [7, 11) is 0. The first-order chi connectivity index (χ1) is 10.7. The smallest absolute Gasteiger partial charge is 0.360 e. The van der Waals surface area contributed by atoms with E-state index in [0.717, 1.165) is 37.0 Å². The van der Waals surface area contributed by atoms with Crippen LogP contribution in [0.25, 0.3) is 11.3 Å². The second kappa shape index (κ2) is 6.75. The number of aryl methyl sites for hydroxylation is 1. The first kappa shape index (κ1) is 14.8. The van der Waals surface area contributed by atoms with Gasteiger partial charge in [0.05, 0.1) is 12.7 Å². The van der Waals surface area contributed by atoms with Crippen LogP contribution in [0.15, 0.2) is 35.1 Å². The molecule has 0 bridgehead atoms. The molecule has 0 spiro atoms. The van der Waals surface area contributed by atoms with Crippen LogP contribution in [0.1, 0.15) is 35.3 Å². The zero-order valence-corrected chi connectivity index (χ0v) is 12.6. The predicted octanol–water partition coefficient (Wildman–Crippen LogP) is 3.38. The van der Waals surface area contributed by atoms with Gasteiger partial charge in [0.1, 0.15) is 0 Å². The molecule has 1 aliphatic rings. The molecule has 1 aromatic heterocycles. The van der Waals surface area contributed by atoms with Crippen LogP contribution in [0.4, 0.5) is 0 Å². The van der Waals surface area contributed by atoms with Crippen molar-refractivity contribution in [2.45, 2.75) is 32.3 Å². The van der Waals surface area contributed by atoms with Gasteiger partial charge in [0.25, 0.3) is 0 Å². The van der Waals surface area contributed by atoms with E-state index in [9.17, 15) is 4.79 Å². The van der Waals surface area contributed by atoms with Gasteiger partial charge in [0.2, 0.25) is 0 Å². The van der Waals surface area contributed by atoms with Gasteiger partial charge in [0.15, 0.2) is 17.8 Å². The maximum Gasteiger partial charge on any atom is 0.360 e. The molecular weight excluding hydrogens is 282 g/mol. The minimum Gasteiger partial charge on any atom is -0.461 e. The fourth-order valence-electron chi connectivity index (χ4n) is 2.52. The summed E-state index contributed by atoms with van der Waals surface area (Å²) < 4.78 is 16.2. The van der Waals surface area contributed by atoms with Gasteiger partial charge in [-0.3, -0.25) is 0 Å². The standard InChI is InChI=1S/C17H19NO4/c1-12-4-6-13(7-5-12)16-15(18-11-22-16)17(19)21-10-8-14-3-2-9-20-14/h4-7,11,14H,2-3,8-10H2,1H3/t14-/m1/s1. The molecule has 3 rings (SSSR count). The summed E-state index contributed by atoms with van der Waals surface area (Å²) in [5.41, 5.74) is 2.18. The van der Waals surface area contributed by atoms with Crippen molar-refractivity contribution >= 4 is 5.97 Å². The summed E-state index contributed by atoms with van der Waals surface area (Å²) in [5, 5.41) is 0. The van der Waals surface area contributed by atoms with Crippen LogP contribution in [0.3, 0.4) is 0 Å². The van der Waals surface area contributed by atoms with Crippen molar-refractivity contribution in [2.75, 3.05) is 13.2 Å². The number of ether oxygens (including phenoxy) is 2. The predicted molar refractivity (Wildman–Crippen MR) is 80.5 cm³/mol. The van der Waals surface area contributed by atoms with Crippen LogP contribution in [-0.2, 0) is 9.47 Å². The number of nitrogens with zero attached hydrogens (tertiary/aromatic N) is 1. The number of benzene rings is 1. The van der Waals surface area contributed by atoms with Crippen LogP contribution < -0.4 is 0 Å². The van der Waals surface area contributed by atoms with E-state index in [1.165, 1.54) is 6.39 Å². The summed E-state index contributed by atoms with van der Waals surface area (Å²) in [5.74, 6) is -0.00978. The van der Waals surface area contributed by atoms with Gasteiger partial charge >= 0.3 is 5.97 Å². The molecule has 0 aliphatic carbocycles. The second-order valence-electron chi connectivity index (χ2n) is 5.46. The third-order valence-electron chi connectivity index (χ3n) is 3.77. The molecule has 2 heterocycles. The maximum atomic E-state index is 12.2. The normalized spacial score (nSPS) is 17.6. The SMILES string of the molecule is Cc1ccc(-c2ocnc2C(=O)OCC[C@H]2CCCO2)cc1. The second-order valence-corrected chi connectivity index (χ2v) is 5.46. The van der Waals surface area contributed by atoms with Crippen molar-refractivity contribution in [3.8, 4) is 11.3 Å². The molecule has 0 radical (unpaired) electrons. The Hall–Kier alpha value is -2.14. The Bertz CT molecular complexity index is 626. The Labute approximate surface area is 129 Å². The van der Waals surface area contributed by atoms with Gasteiger partial charge in [-0.1, -0.05) is 29.8 Å². The van der Waals surface area contributed by atoms with Crippen molar-refractivity contribution < 1.29 is 18.7 Å². The van der Waals surface area contributed by atoms with Crippen molar-refractivity contribution in [1.29, 1.82) is 0 Å². The molecule has 1 aromatic carbocycles. The van der Waals surface area contributed by atoms with Gasteiger partial charge < -0.3 is 13.9 Å². The molecule has 0 amide bonds. The van der Waals surface area contributed by atoms with Crippen LogP contribution in [0.2, 0.25) is 0 Å². The maximum absolute atomic E-state index is 12.2. The van der Waals surface area contributed by atoms with Crippen molar-refractivity contribution in [1.82, 2.24) is 4.98 Å². The van der Waals surface area contributed by atoms with Gasteiger partial charge in [-0.05, 0) is 19.8 Å². The number of esters is 1. The number of aromatic nitrogens is 1. The van der Waals surface area contributed by atoms with Crippen molar-refractivity contribution in [3.63, 3.8) is 0 Å². The van der Waals surface area contributed by atoms with Gasteiger partial charge in [-0.2, -0.15) is 0 Å². The average molecular weight is 301 g/mol. The van der Waals surface area contributed by atoms with Crippen LogP contribution >= 0.6 is 0 Å². The highest BCUT2D eigenvalue weighted by Gasteiger charge is 2.21. The van der Waals surface area contributed by atoms with E-state index in [0.29, 0.717) is 12.4 Å². The molecule has 22 heavy (non-hydrogen) atoms. The highest BCUT2D eigenvalue weighted by atomic mass is 16.5. The number of hydrogen-bond donors (Lipinski definition) is 0. The van der Waals surface area contributed by atoms with Crippen LogP contribution in [-0.4, -0.2) is 30.3 Å². The Morgan fingerprint density at radius 2 is 2.18 bits per heavy atom. The average Bonchev–Trinajstić information content (AvgIpc) is 3.19. The Balaban J connectivity index is 1.63. The lowest BCUT2D eigenvalue weighted by Gasteiger charge is -2.09. The minimum atomic E-state index is -0.456. The number of carbonyl (C=O) groups excluding carboxylic acids is 1. The lowest BCUT2D eigenvalue weighted by molar-refractivity contribution is 0.0381. The quantitative estimate of drug-likeness (QED) is 0.792. The summed E-state index contributed by atoms with van der Waals surface area (Å²) in [6, 6.07) is 7.73. The van der Waals surface area contributed by atoms with E-state index >= 15 is 0 Å². The monoisotopic (exact) mass is 301 g/mol. The third kappa shape index (κ3) is 3.36. The summed E-state index contributed by atoms with van der Waals surface area (Å²) in [6.45, 7) is 3.15. The molecule has 1 fully saturated rings. The Kier molecular flexibility index (Phi) is 4.53. The molecule has 116 valence electrons. The fourth-order valence-corrected chi connectivity index (χ4v) is 2.52. The summed E-state index contributed by atoms with van der Waals surface area (Å²) in [4.78, 5) is 16.1. The molecule has 0 unspecified atom stereocenters. The Morgan fingerprint density at radius 3 is 2.91 bits per heavy atom. The molecule has 1 aliphatic heterocycles. The molecule has 1 saturated heterocycles. The molecule has 5 heteroatoms. The van der Waals surface area contributed by atoms with E-state index in [-0.39, 0.29) is 11.8 Å². The highest BCUT2D eigenvalue weighted by Crippen LogP contribution is 2.24. The molecule has 0 saturated carbocycles. The van der Waals surface area contributed by atoms with E-state index in [2.05, 4.69) is 4.98 Å². The lowest BCUT2D eigenvalue weighted by atomic mass is 10.1. The van der Waals surface area contributed by atoms with E-state index in [1.807, 2.05) is 31.2 Å². The molecule has 1 atom stereocenters. The van der Waals surface area contributed by atoms with E-state index < -0.39 is 5.97 Å². The first-order valence-corrected chi connectivity index (χ1v) is 7.53. The van der Waals surface area contributed by atoms with Crippen LogP contribution in [0, 0.1) is 6.92 Å². The largest absolute Gasteiger partial charge is 0.461 e. The number of oxazole rings is 1. The van der Waals surface area contributed by atoms with E-state index in [4.69, 9.17) is 13.9 Å². The van der Waals surface area contributed by atoms with Gasteiger partial charge in [0, 0.05) is 18.6 Å². The number of rotatable bonds is 5. The zero-order chi connectivity index (χ0) is 15.4. The fraction of sp³-hybridized carbons (Fsp3) is 0.412. The summed E-state index contributed by atoms with van der Waals surface area (Å²) >= 11 is 0. The van der Waals surface area contributed by atoms with Crippen molar-refractivity contribution in [2.24, 2.45) is 0 Å². The molecular formula is C17H19NO4. The number of hydrogen-bond acceptors (Lipinski definition) is 5. The van der Waals surface area contributed by atoms with Gasteiger partial charge in [-0.15, -0.1) is 0 Å². The first-order valence-electron chi connectivity index (χ1n) is 7.53. The van der Waals surface area contributed by atoms with Gasteiger partial charge in [-0.25, -0.2) is 9.78 Å². The lowest BCUT2D eigenvalue weighted by Crippen LogP contribution is -2.13. The number of carbonyl (C=O) groups is 1. The minimum absolute atomic E-state index is 0.210. The molecule has 2 aromatic rings. The molecule has 0 N–H and O–H groups in total. The van der Waals surface area contributed by atoms with Crippen LogP contribution in [0.5, 0.6) is 0 Å². The van der Waals surface area contributed by atoms with E-state index in [1.54, 1.807) is 0 Å². The molecule has 5 nitrogen and oxygen atoms in total. The zero-order valence-electron chi connectivity index (χ0n) is 12.6. The highest BCUT2D eigenvalue weighted by molar-refractivity contribution is 5.93. The third-order valence-corrected chi connectivity index (χ3v) is 3.77. The van der Waals surface area contributed by atoms with Crippen molar-refractivity contribution in [3.05, 3.63) is 41.9 Å². The topological polar surface area (TPSA) is 61.6 Å². The summed E-state index contributed by atoms with van der Waals surface area (Å²) in [6.07, 6.45) is 4.33.